The zero-order chi connectivity index (χ0) is 18.1. The van der Waals surface area contributed by atoms with Gasteiger partial charge >= 0.3 is 6.09 Å². The second kappa shape index (κ2) is 7.13. The van der Waals surface area contributed by atoms with Crippen LogP contribution in [-0.2, 0) is 4.74 Å². The van der Waals surface area contributed by atoms with Crippen LogP contribution in [0.2, 0.25) is 0 Å². The number of nitrogens with zero attached hydrogens (tertiary/aromatic N) is 2. The zero-order valence-corrected chi connectivity index (χ0v) is 16.8. The minimum atomic E-state index is -0.527. The number of fused-ring (bicyclic) bond motifs is 1. The molecule has 132 valence electrons. The summed E-state index contributed by atoms with van der Waals surface area (Å²) in [5.41, 5.74) is 1.30. The van der Waals surface area contributed by atoms with Gasteiger partial charge in [0.2, 0.25) is 0 Å². The number of aromatic nitrogens is 2. The van der Waals surface area contributed by atoms with Crippen LogP contribution >= 0.6 is 15.9 Å². The van der Waals surface area contributed by atoms with Gasteiger partial charge in [0.15, 0.2) is 0 Å². The predicted molar refractivity (Wildman–Crippen MR) is 100 cm³/mol. The van der Waals surface area contributed by atoms with E-state index in [1.807, 2.05) is 52.8 Å². The Labute approximate surface area is 151 Å². The summed E-state index contributed by atoms with van der Waals surface area (Å²) in [6, 6.07) is 5.74. The van der Waals surface area contributed by atoms with Crippen molar-refractivity contribution in [2.45, 2.75) is 65.6 Å². The lowest BCUT2D eigenvalue weighted by Crippen LogP contribution is -2.43. The number of H-pyrrole nitrogens is 1. The van der Waals surface area contributed by atoms with Gasteiger partial charge < -0.3 is 9.72 Å². The number of carbonyl (C=O) groups excluding carboxylic acids is 1. The number of rotatable bonds is 4. The summed E-state index contributed by atoms with van der Waals surface area (Å²) in [5, 5.41) is 0. The molecule has 0 spiro atoms. The molecule has 2 atom stereocenters. The van der Waals surface area contributed by atoms with Crippen LogP contribution in [-0.4, -0.2) is 32.6 Å². The van der Waals surface area contributed by atoms with Crippen molar-refractivity contribution in [3.05, 3.63) is 28.5 Å². The van der Waals surface area contributed by atoms with E-state index in [4.69, 9.17) is 4.74 Å². The van der Waals surface area contributed by atoms with Crippen molar-refractivity contribution in [2.24, 2.45) is 0 Å². The molecule has 24 heavy (non-hydrogen) atoms. The van der Waals surface area contributed by atoms with Gasteiger partial charge in [-0.05, 0) is 59.2 Å². The highest BCUT2D eigenvalue weighted by molar-refractivity contribution is 9.10. The molecule has 1 aromatic carbocycles. The Bertz CT molecular complexity index is 721. The number of benzene rings is 1. The van der Waals surface area contributed by atoms with Gasteiger partial charge in [-0.15, -0.1) is 0 Å². The van der Waals surface area contributed by atoms with E-state index in [-0.39, 0.29) is 18.2 Å². The fourth-order valence-electron chi connectivity index (χ4n) is 2.56. The van der Waals surface area contributed by atoms with Crippen molar-refractivity contribution in [2.75, 3.05) is 0 Å². The molecule has 2 aromatic rings. The van der Waals surface area contributed by atoms with Gasteiger partial charge in [-0.3, -0.25) is 4.90 Å². The number of ether oxygens (including phenoxy) is 1. The number of nitrogens with one attached hydrogen (secondary N) is 1. The Morgan fingerprint density at radius 2 is 2.04 bits per heavy atom. The van der Waals surface area contributed by atoms with Crippen molar-refractivity contribution in [3.8, 4) is 0 Å². The Morgan fingerprint density at radius 3 is 2.62 bits per heavy atom. The van der Waals surface area contributed by atoms with Crippen molar-refractivity contribution in [1.29, 1.82) is 0 Å². The Hall–Kier alpha value is -1.56. The van der Waals surface area contributed by atoms with Crippen LogP contribution in [0.1, 0.15) is 59.8 Å². The van der Waals surface area contributed by atoms with Gasteiger partial charge in [0.25, 0.3) is 0 Å². The van der Waals surface area contributed by atoms with Gasteiger partial charge in [0.05, 0.1) is 17.1 Å². The minimum Gasteiger partial charge on any atom is -0.444 e. The fourth-order valence-corrected chi connectivity index (χ4v) is 2.92. The molecule has 1 heterocycles. The number of hydrogen-bond acceptors (Lipinski definition) is 3. The monoisotopic (exact) mass is 395 g/mol. The first-order valence-electron chi connectivity index (χ1n) is 8.29. The van der Waals surface area contributed by atoms with E-state index in [1.165, 1.54) is 0 Å². The van der Waals surface area contributed by atoms with Crippen molar-refractivity contribution in [3.63, 3.8) is 0 Å². The highest BCUT2D eigenvalue weighted by Gasteiger charge is 2.31. The quantitative estimate of drug-likeness (QED) is 0.751. The predicted octanol–water partition coefficient (Wildman–Crippen LogP) is 5.42. The van der Waals surface area contributed by atoms with Gasteiger partial charge in [0, 0.05) is 10.5 Å². The summed E-state index contributed by atoms with van der Waals surface area (Å²) in [6.07, 6.45) is 0.529. The molecule has 0 saturated heterocycles. The number of imidazole rings is 1. The molecule has 0 fully saturated rings. The van der Waals surface area contributed by atoms with Crippen LogP contribution in [0.4, 0.5) is 4.79 Å². The molecule has 0 radical (unpaired) electrons. The molecule has 6 heteroatoms. The number of halogens is 1. The molecule has 0 aliphatic carbocycles. The maximum atomic E-state index is 12.7. The van der Waals surface area contributed by atoms with Crippen molar-refractivity contribution < 1.29 is 9.53 Å². The summed E-state index contributed by atoms with van der Waals surface area (Å²) in [6.45, 7) is 11.7. The average Bonchev–Trinajstić information content (AvgIpc) is 2.88. The van der Waals surface area contributed by atoms with E-state index in [9.17, 15) is 4.79 Å². The van der Waals surface area contributed by atoms with Gasteiger partial charge in [-0.1, -0.05) is 22.9 Å². The Balaban J connectivity index is 2.35. The molecule has 0 unspecified atom stereocenters. The van der Waals surface area contributed by atoms with E-state index >= 15 is 0 Å². The third-order valence-corrected chi connectivity index (χ3v) is 4.44. The van der Waals surface area contributed by atoms with E-state index < -0.39 is 5.60 Å². The van der Waals surface area contributed by atoms with Crippen LogP contribution in [0.15, 0.2) is 22.7 Å². The topological polar surface area (TPSA) is 58.2 Å². The number of hydrogen-bond donors (Lipinski definition) is 1. The van der Waals surface area contributed by atoms with Crippen molar-refractivity contribution >= 4 is 33.1 Å². The highest BCUT2D eigenvalue weighted by Crippen LogP contribution is 2.27. The van der Waals surface area contributed by atoms with Gasteiger partial charge in [0.1, 0.15) is 11.4 Å². The molecule has 1 N–H and O–H groups in total. The lowest BCUT2D eigenvalue weighted by atomic mass is 10.1. The Kier molecular flexibility index (Phi) is 5.58. The second-order valence-electron chi connectivity index (χ2n) is 7.10. The number of aromatic amines is 1. The Morgan fingerprint density at radius 1 is 1.38 bits per heavy atom. The number of carbonyl (C=O) groups is 1. The second-order valence-corrected chi connectivity index (χ2v) is 8.02. The summed E-state index contributed by atoms with van der Waals surface area (Å²) < 4.78 is 6.59. The van der Waals surface area contributed by atoms with E-state index in [0.717, 1.165) is 27.8 Å². The first-order chi connectivity index (χ1) is 11.1. The molecular weight excluding hydrogens is 370 g/mol. The molecule has 1 aromatic heterocycles. The van der Waals surface area contributed by atoms with Crippen LogP contribution in [0.25, 0.3) is 11.0 Å². The third-order valence-electron chi connectivity index (χ3n) is 3.95. The first-order valence-corrected chi connectivity index (χ1v) is 9.08. The molecule has 0 aliphatic rings. The standard InChI is InChI=1S/C18H26BrN3O2/c1-7-11(2)22(17(23)24-18(4,5)6)12(3)16-20-14-9-8-13(19)10-15(14)21-16/h8-12H,7H2,1-6H3,(H,20,21)/t11-,12-/m0/s1. The highest BCUT2D eigenvalue weighted by atomic mass is 79.9. The normalized spacial score (nSPS) is 14.5. The van der Waals surface area contributed by atoms with Crippen LogP contribution in [0.3, 0.4) is 0 Å². The molecule has 0 aliphatic heterocycles. The lowest BCUT2D eigenvalue weighted by molar-refractivity contribution is 0.00699. The SMILES string of the molecule is CC[C@H](C)N(C(=O)OC(C)(C)C)[C@@H](C)c1nc2ccc(Br)cc2[nH]1. The summed E-state index contributed by atoms with van der Waals surface area (Å²) in [5.74, 6) is 0.759. The van der Waals surface area contributed by atoms with Crippen LogP contribution in [0, 0.1) is 0 Å². The smallest absolute Gasteiger partial charge is 0.411 e. The molecule has 5 nitrogen and oxygen atoms in total. The molecule has 1 amide bonds. The maximum absolute atomic E-state index is 12.7. The zero-order valence-electron chi connectivity index (χ0n) is 15.2. The molecule has 2 rings (SSSR count). The molecular formula is C18H26BrN3O2. The van der Waals surface area contributed by atoms with Crippen LogP contribution < -0.4 is 0 Å². The van der Waals surface area contributed by atoms with E-state index in [1.54, 1.807) is 4.90 Å². The fraction of sp³-hybridized carbons (Fsp3) is 0.556. The van der Waals surface area contributed by atoms with Gasteiger partial charge in [-0.2, -0.15) is 0 Å². The summed E-state index contributed by atoms with van der Waals surface area (Å²) >= 11 is 3.47. The van der Waals surface area contributed by atoms with Crippen molar-refractivity contribution in [1.82, 2.24) is 14.9 Å². The molecule has 0 bridgehead atoms. The number of amides is 1. The first kappa shape index (κ1) is 18.8. The lowest BCUT2D eigenvalue weighted by Gasteiger charge is -2.34. The maximum Gasteiger partial charge on any atom is 0.411 e. The largest absolute Gasteiger partial charge is 0.444 e. The average molecular weight is 396 g/mol. The van der Waals surface area contributed by atoms with Gasteiger partial charge in [-0.25, -0.2) is 9.78 Å². The summed E-state index contributed by atoms with van der Waals surface area (Å²) in [4.78, 5) is 22.4. The minimum absolute atomic E-state index is 0.0507. The van der Waals surface area contributed by atoms with Crippen LogP contribution in [0.5, 0.6) is 0 Å². The van der Waals surface area contributed by atoms with E-state index in [2.05, 4.69) is 32.8 Å². The summed E-state index contributed by atoms with van der Waals surface area (Å²) in [7, 11) is 0. The third kappa shape index (κ3) is 4.29. The molecule has 0 saturated carbocycles. The van der Waals surface area contributed by atoms with E-state index in [0.29, 0.717) is 0 Å².